The number of amides is 2. The molecule has 0 bridgehead atoms. The topological polar surface area (TPSA) is 130 Å². The Hall–Kier alpha value is -3.67. The number of carbonyl (C=O) groups excluding carboxylic acids is 2. The number of anilines is 1. The van der Waals surface area contributed by atoms with E-state index in [1.54, 1.807) is 31.2 Å². The molecule has 0 saturated heterocycles. The zero-order valence-electron chi connectivity index (χ0n) is 24.2. The van der Waals surface area contributed by atoms with E-state index in [1.807, 2.05) is 0 Å². The molecule has 1 aliphatic carbocycles. The van der Waals surface area contributed by atoms with E-state index in [0.717, 1.165) is 42.5 Å². The van der Waals surface area contributed by atoms with Gasteiger partial charge in [0.1, 0.15) is 12.6 Å². The predicted octanol–water partition coefficient (Wildman–Crippen LogP) is 6.35. The minimum atomic E-state index is -4.38. The lowest BCUT2D eigenvalue weighted by atomic mass is 9.95. The number of sulfonamides is 1. The first-order valence-electron chi connectivity index (χ1n) is 14.4. The van der Waals surface area contributed by atoms with Crippen LogP contribution in [0.25, 0.3) is 0 Å². The monoisotopic (exact) mass is 660 g/mol. The zero-order valence-corrected chi connectivity index (χ0v) is 26.5. The molecular formula is C31H34Cl2N4O6S. The second-order valence-corrected chi connectivity index (χ2v) is 13.3. The van der Waals surface area contributed by atoms with Crippen molar-refractivity contribution in [3.63, 3.8) is 0 Å². The van der Waals surface area contributed by atoms with Gasteiger partial charge in [-0.3, -0.25) is 24.0 Å². The molecule has 3 aromatic carbocycles. The molecule has 13 heteroatoms. The second kappa shape index (κ2) is 14.9. The SMILES string of the molecule is CCC(C(=O)NC1CCCCC1)N(Cc1c(Cl)cccc1Cl)C(=O)CN(c1cccc([N+](=O)[O-])c1)S(=O)(=O)c1ccccc1. The predicted molar refractivity (Wildman–Crippen MR) is 170 cm³/mol. The Labute approximate surface area is 267 Å². The Morgan fingerprint density at radius 1 is 0.977 bits per heavy atom. The van der Waals surface area contributed by atoms with Gasteiger partial charge in [0.05, 0.1) is 15.5 Å². The van der Waals surface area contributed by atoms with Gasteiger partial charge in [-0.25, -0.2) is 8.42 Å². The van der Waals surface area contributed by atoms with Gasteiger partial charge in [0.15, 0.2) is 0 Å². The molecule has 234 valence electrons. The van der Waals surface area contributed by atoms with Crippen molar-refractivity contribution in [1.82, 2.24) is 10.2 Å². The lowest BCUT2D eigenvalue weighted by Crippen LogP contribution is -2.54. The van der Waals surface area contributed by atoms with Crippen molar-refractivity contribution in [1.29, 1.82) is 0 Å². The van der Waals surface area contributed by atoms with Crippen molar-refractivity contribution in [3.8, 4) is 0 Å². The molecule has 1 N–H and O–H groups in total. The number of nitrogens with zero attached hydrogens (tertiary/aromatic N) is 3. The maximum absolute atomic E-state index is 14.3. The quantitative estimate of drug-likeness (QED) is 0.178. The summed E-state index contributed by atoms with van der Waals surface area (Å²) in [6.07, 6.45) is 4.99. The summed E-state index contributed by atoms with van der Waals surface area (Å²) in [6, 6.07) is 16.4. The molecule has 3 aromatic rings. The Morgan fingerprint density at radius 3 is 2.23 bits per heavy atom. The highest BCUT2D eigenvalue weighted by molar-refractivity contribution is 7.92. The molecule has 1 saturated carbocycles. The summed E-state index contributed by atoms with van der Waals surface area (Å²) in [5.74, 6) is -1.07. The van der Waals surface area contributed by atoms with Gasteiger partial charge in [-0.05, 0) is 49.6 Å². The third-order valence-electron chi connectivity index (χ3n) is 7.67. The van der Waals surface area contributed by atoms with Crippen LogP contribution in [-0.2, 0) is 26.2 Å². The maximum atomic E-state index is 14.3. The van der Waals surface area contributed by atoms with Gasteiger partial charge in [0, 0.05) is 40.3 Å². The Balaban J connectivity index is 1.76. The summed E-state index contributed by atoms with van der Waals surface area (Å²) in [7, 11) is -4.38. The minimum Gasteiger partial charge on any atom is -0.352 e. The van der Waals surface area contributed by atoms with Crippen molar-refractivity contribution < 1.29 is 22.9 Å². The summed E-state index contributed by atoms with van der Waals surface area (Å²) in [5, 5.41) is 15.2. The third kappa shape index (κ3) is 7.88. The number of nitro groups is 1. The second-order valence-electron chi connectivity index (χ2n) is 10.6. The van der Waals surface area contributed by atoms with E-state index >= 15 is 0 Å². The van der Waals surface area contributed by atoms with Gasteiger partial charge in [-0.1, -0.05) is 79.7 Å². The van der Waals surface area contributed by atoms with Gasteiger partial charge in [0.25, 0.3) is 15.7 Å². The highest BCUT2D eigenvalue weighted by Gasteiger charge is 2.35. The lowest BCUT2D eigenvalue weighted by Gasteiger charge is -2.34. The molecule has 1 aliphatic rings. The molecule has 1 unspecified atom stereocenters. The van der Waals surface area contributed by atoms with Gasteiger partial charge in [-0.15, -0.1) is 0 Å². The van der Waals surface area contributed by atoms with Crippen molar-refractivity contribution in [2.45, 2.75) is 69.0 Å². The van der Waals surface area contributed by atoms with Crippen LogP contribution in [0, 0.1) is 10.1 Å². The molecule has 0 aromatic heterocycles. The summed E-state index contributed by atoms with van der Waals surface area (Å²) >= 11 is 12.9. The Morgan fingerprint density at radius 2 is 1.61 bits per heavy atom. The number of carbonyl (C=O) groups is 2. The van der Waals surface area contributed by atoms with Crippen LogP contribution in [0.2, 0.25) is 10.0 Å². The van der Waals surface area contributed by atoms with Crippen LogP contribution in [0.3, 0.4) is 0 Å². The normalized spacial score (nSPS) is 14.4. The maximum Gasteiger partial charge on any atom is 0.271 e. The molecule has 0 aliphatic heterocycles. The van der Waals surface area contributed by atoms with E-state index in [1.165, 1.54) is 47.4 Å². The fraction of sp³-hybridized carbons (Fsp3) is 0.355. The third-order valence-corrected chi connectivity index (χ3v) is 10.2. The number of halogens is 2. The van der Waals surface area contributed by atoms with E-state index in [0.29, 0.717) is 5.56 Å². The smallest absolute Gasteiger partial charge is 0.271 e. The molecular weight excluding hydrogens is 627 g/mol. The lowest BCUT2D eigenvalue weighted by molar-refractivity contribution is -0.384. The average Bonchev–Trinajstić information content (AvgIpc) is 3.02. The molecule has 0 radical (unpaired) electrons. The van der Waals surface area contributed by atoms with E-state index in [9.17, 15) is 28.1 Å². The van der Waals surface area contributed by atoms with Crippen LogP contribution in [0.1, 0.15) is 51.0 Å². The molecule has 4 rings (SSSR count). The van der Waals surface area contributed by atoms with Crippen LogP contribution in [0.15, 0.2) is 77.7 Å². The Bertz CT molecular complexity index is 1580. The summed E-state index contributed by atoms with van der Waals surface area (Å²) in [4.78, 5) is 40.0. The van der Waals surface area contributed by atoms with E-state index in [-0.39, 0.29) is 51.2 Å². The first-order chi connectivity index (χ1) is 21.0. The highest BCUT2D eigenvalue weighted by Crippen LogP contribution is 2.30. The van der Waals surface area contributed by atoms with Crippen molar-refractivity contribution in [2.24, 2.45) is 0 Å². The van der Waals surface area contributed by atoms with E-state index < -0.39 is 33.4 Å². The van der Waals surface area contributed by atoms with Crippen LogP contribution in [0.5, 0.6) is 0 Å². The van der Waals surface area contributed by atoms with Crippen LogP contribution in [-0.4, -0.2) is 48.7 Å². The molecule has 1 atom stereocenters. The van der Waals surface area contributed by atoms with Gasteiger partial charge in [-0.2, -0.15) is 0 Å². The van der Waals surface area contributed by atoms with Gasteiger partial charge >= 0.3 is 0 Å². The Kier molecular flexibility index (Phi) is 11.2. The zero-order chi connectivity index (χ0) is 31.9. The number of rotatable bonds is 12. The number of non-ortho nitro benzene ring substituents is 1. The number of nitrogens with one attached hydrogen (secondary N) is 1. The van der Waals surface area contributed by atoms with E-state index in [4.69, 9.17) is 23.2 Å². The fourth-order valence-electron chi connectivity index (χ4n) is 5.33. The molecule has 0 heterocycles. The number of hydrogen-bond donors (Lipinski definition) is 1. The van der Waals surface area contributed by atoms with Crippen LogP contribution >= 0.6 is 23.2 Å². The highest BCUT2D eigenvalue weighted by atomic mass is 35.5. The summed E-state index contributed by atoms with van der Waals surface area (Å²) in [6.45, 7) is 0.856. The van der Waals surface area contributed by atoms with Crippen molar-refractivity contribution in [2.75, 3.05) is 10.8 Å². The molecule has 2 amide bonds. The van der Waals surface area contributed by atoms with Gasteiger partial charge < -0.3 is 10.2 Å². The largest absolute Gasteiger partial charge is 0.352 e. The fourth-order valence-corrected chi connectivity index (χ4v) is 7.27. The number of nitro benzene ring substituents is 1. The van der Waals surface area contributed by atoms with Crippen molar-refractivity contribution >= 4 is 56.4 Å². The number of hydrogen-bond acceptors (Lipinski definition) is 6. The first-order valence-corrected chi connectivity index (χ1v) is 16.6. The standard InChI is InChI=1S/C31H34Cl2N4O6S/c1-2-29(31(39)34-22-11-5-3-6-12-22)35(20-26-27(32)17-10-18-28(26)33)30(38)21-36(23-13-9-14-24(19-23)37(40)41)44(42,43)25-15-7-4-8-16-25/h4,7-10,13-19,22,29H,2-3,5-6,11-12,20-21H2,1H3,(H,34,39). The molecule has 10 nitrogen and oxygen atoms in total. The van der Waals surface area contributed by atoms with Crippen molar-refractivity contribution in [3.05, 3.63) is 98.5 Å². The summed E-state index contributed by atoms with van der Waals surface area (Å²) in [5.41, 5.74) is -0.0195. The van der Waals surface area contributed by atoms with E-state index in [2.05, 4.69) is 5.32 Å². The molecule has 44 heavy (non-hydrogen) atoms. The van der Waals surface area contributed by atoms with Crippen LogP contribution < -0.4 is 9.62 Å². The number of benzene rings is 3. The molecule has 1 fully saturated rings. The first kappa shape index (κ1) is 33.2. The van der Waals surface area contributed by atoms with Gasteiger partial charge in [0.2, 0.25) is 11.8 Å². The van der Waals surface area contributed by atoms with Crippen LogP contribution in [0.4, 0.5) is 11.4 Å². The molecule has 0 spiro atoms. The minimum absolute atomic E-state index is 0.0222. The average molecular weight is 662 g/mol. The summed E-state index contributed by atoms with van der Waals surface area (Å²) < 4.78 is 28.7.